The Kier molecular flexibility index (Phi) is 3.48. The van der Waals surface area contributed by atoms with E-state index in [1.165, 1.54) is 0 Å². The minimum atomic E-state index is -1.20. The molecule has 0 aliphatic carbocycles. The molecule has 0 unspecified atom stereocenters. The van der Waals surface area contributed by atoms with Gasteiger partial charge in [0.1, 0.15) is 12.6 Å². The summed E-state index contributed by atoms with van der Waals surface area (Å²) in [6, 6.07) is 0. The number of aliphatic carboxylic acids is 1. The molecule has 0 radical (unpaired) electrons. The summed E-state index contributed by atoms with van der Waals surface area (Å²) in [5, 5.41) is 19.1. The molecule has 0 rings (SSSR count). The average Bonchev–Trinajstić information content (AvgIpc) is 1.53. The molecule has 0 aromatic carbocycles. The van der Waals surface area contributed by atoms with Gasteiger partial charge in [0.05, 0.1) is 21.1 Å². The Hall–Kier alpha value is -0.610. The van der Waals surface area contributed by atoms with Gasteiger partial charge in [0, 0.05) is 12.4 Å². The van der Waals surface area contributed by atoms with Gasteiger partial charge in [-0.3, -0.25) is 0 Å². The number of likely N-dealkylation sites (N-methyl/N-ethyl adjacent to an activating group) is 1. The number of carbonyl (C=O) groups excluding carboxylic acids is 1. The van der Waals surface area contributed by atoms with Crippen LogP contribution >= 0.6 is 0 Å². The summed E-state index contributed by atoms with van der Waals surface area (Å²) in [7, 11) is 5.66. The zero-order valence-corrected chi connectivity index (χ0v) is 7.20. The van der Waals surface area contributed by atoms with Crippen molar-refractivity contribution in [2.75, 3.05) is 27.7 Å². The van der Waals surface area contributed by atoms with Crippen molar-refractivity contribution < 1.29 is 19.5 Å². The zero-order chi connectivity index (χ0) is 9.07. The molecular formula is C7H15NO3. The summed E-state index contributed by atoms with van der Waals surface area (Å²) in [5.41, 5.74) is 0. The first-order valence-electron chi connectivity index (χ1n) is 3.49. The molecule has 66 valence electrons. The van der Waals surface area contributed by atoms with Crippen LogP contribution in [0.2, 0.25) is 0 Å². The Morgan fingerprint density at radius 1 is 1.55 bits per heavy atom. The van der Waals surface area contributed by atoms with E-state index in [0.717, 1.165) is 0 Å². The lowest BCUT2D eigenvalue weighted by atomic mass is 10.2. The van der Waals surface area contributed by atoms with Crippen LogP contribution in [0.15, 0.2) is 0 Å². The molecule has 4 heteroatoms. The highest BCUT2D eigenvalue weighted by molar-refractivity contribution is 5.64. The first-order chi connectivity index (χ1) is 4.81. The number of aliphatic hydroxyl groups excluding tert-OH is 1. The van der Waals surface area contributed by atoms with Crippen molar-refractivity contribution in [2.45, 2.75) is 12.5 Å². The van der Waals surface area contributed by atoms with Crippen LogP contribution in [0.1, 0.15) is 6.42 Å². The van der Waals surface area contributed by atoms with Gasteiger partial charge in [-0.1, -0.05) is 0 Å². The molecule has 0 aliphatic heterocycles. The minimum Gasteiger partial charge on any atom is -0.550 e. The van der Waals surface area contributed by atoms with Gasteiger partial charge in [-0.05, 0) is 0 Å². The lowest BCUT2D eigenvalue weighted by molar-refractivity contribution is -0.873. The van der Waals surface area contributed by atoms with E-state index >= 15 is 0 Å². The SMILES string of the molecule is [14CH3][N+]([14CH3])([14CH3])C[C@H](O)CC(=O)[O-]. The van der Waals surface area contributed by atoms with Crippen molar-refractivity contribution in [3.63, 3.8) is 0 Å². The standard InChI is InChI=1S/C7H15NO3/c1-8(2,3)5-6(9)4-7(10)11/h6,9H,4-5H2,1-3H3/t6-/m1/s1/i1+2,2+2,3+2. The number of quaternary nitrogens is 1. The van der Waals surface area contributed by atoms with E-state index in [2.05, 4.69) is 0 Å². The number of carbonyl (C=O) groups is 1. The number of carboxylic acid groups (broad SMARTS) is 1. The molecule has 0 bridgehead atoms. The van der Waals surface area contributed by atoms with Crippen molar-refractivity contribution >= 4 is 5.97 Å². The highest BCUT2D eigenvalue weighted by atomic mass is 16.4. The smallest absolute Gasteiger partial charge is 0.108 e. The van der Waals surface area contributed by atoms with Crippen LogP contribution in [-0.2, 0) is 4.79 Å². The molecule has 0 fully saturated rings. The maximum Gasteiger partial charge on any atom is 0.108 e. The number of aliphatic hydroxyl groups is 1. The van der Waals surface area contributed by atoms with Crippen LogP contribution in [0.4, 0.5) is 0 Å². The maximum atomic E-state index is 10.0. The number of hydrogen-bond acceptors (Lipinski definition) is 3. The van der Waals surface area contributed by atoms with Crippen LogP contribution < -0.4 is 5.11 Å². The second kappa shape index (κ2) is 3.69. The Balaban J connectivity index is 3.69. The fraction of sp³-hybridized carbons (Fsp3) is 0.857. The summed E-state index contributed by atoms with van der Waals surface area (Å²) in [5.74, 6) is -1.20. The molecule has 0 saturated heterocycles. The average molecular weight is 167 g/mol. The first-order valence-corrected chi connectivity index (χ1v) is 3.49. The summed E-state index contributed by atoms with van der Waals surface area (Å²) >= 11 is 0. The van der Waals surface area contributed by atoms with E-state index in [0.29, 0.717) is 11.0 Å². The Bertz CT molecular complexity index is 139. The molecule has 0 saturated carbocycles. The molecule has 4 nitrogen and oxygen atoms in total. The monoisotopic (exact) mass is 167 g/mol. The van der Waals surface area contributed by atoms with E-state index < -0.39 is 12.1 Å². The third kappa shape index (κ3) is 7.29. The van der Waals surface area contributed by atoms with E-state index in [9.17, 15) is 9.90 Å². The molecule has 0 aromatic heterocycles. The second-order valence-corrected chi connectivity index (χ2v) is 3.70. The summed E-state index contributed by atoms with van der Waals surface area (Å²) < 4.78 is 0.550. The minimum absolute atomic E-state index is 0.282. The van der Waals surface area contributed by atoms with Crippen LogP contribution in [-0.4, -0.2) is 49.4 Å². The van der Waals surface area contributed by atoms with Crippen molar-refractivity contribution in [3.05, 3.63) is 0 Å². The number of carboxylic acids is 1. The zero-order valence-electron chi connectivity index (χ0n) is 7.20. The van der Waals surface area contributed by atoms with E-state index in [1.54, 1.807) is 0 Å². The predicted octanol–water partition coefficient (Wildman–Crippen LogP) is -1.81. The maximum absolute atomic E-state index is 10.0. The largest absolute Gasteiger partial charge is 0.550 e. The van der Waals surface area contributed by atoms with E-state index in [1.807, 2.05) is 21.1 Å². The lowest BCUT2D eigenvalue weighted by Gasteiger charge is -2.26. The molecule has 0 spiro atoms. The van der Waals surface area contributed by atoms with Crippen molar-refractivity contribution in [3.8, 4) is 0 Å². The quantitative estimate of drug-likeness (QED) is 0.502. The summed E-state index contributed by atoms with van der Waals surface area (Å²) in [4.78, 5) is 10.0. The number of hydrogen-bond donors (Lipinski definition) is 1. The van der Waals surface area contributed by atoms with Crippen LogP contribution in [0.25, 0.3) is 0 Å². The highest BCUT2D eigenvalue weighted by Crippen LogP contribution is 1.97. The predicted molar refractivity (Wildman–Crippen MR) is 38.5 cm³/mol. The van der Waals surface area contributed by atoms with E-state index in [-0.39, 0.29) is 6.42 Å². The van der Waals surface area contributed by atoms with Gasteiger partial charge < -0.3 is 19.5 Å². The van der Waals surface area contributed by atoms with Gasteiger partial charge in [0.15, 0.2) is 0 Å². The molecule has 0 heterocycles. The van der Waals surface area contributed by atoms with Crippen molar-refractivity contribution in [1.29, 1.82) is 0 Å². The van der Waals surface area contributed by atoms with Gasteiger partial charge >= 0.3 is 0 Å². The Morgan fingerprint density at radius 2 is 2.00 bits per heavy atom. The first kappa shape index (κ1) is 10.4. The molecule has 0 aliphatic rings. The Labute approximate surface area is 66.6 Å². The fourth-order valence-corrected chi connectivity index (χ4v) is 0.889. The van der Waals surface area contributed by atoms with Crippen LogP contribution in [0, 0.1) is 0 Å². The van der Waals surface area contributed by atoms with Crippen molar-refractivity contribution in [1.82, 2.24) is 0 Å². The highest BCUT2D eigenvalue weighted by Gasteiger charge is 2.14. The van der Waals surface area contributed by atoms with Crippen LogP contribution in [0.5, 0.6) is 0 Å². The normalized spacial score (nSPS) is 14.5. The van der Waals surface area contributed by atoms with Gasteiger partial charge in [-0.25, -0.2) is 0 Å². The molecule has 0 amide bonds. The summed E-state index contributed by atoms with van der Waals surface area (Å²) in [6.07, 6.45) is -1.09. The molecule has 1 N–H and O–H groups in total. The van der Waals surface area contributed by atoms with Crippen LogP contribution in [0.3, 0.4) is 0 Å². The molecule has 11 heavy (non-hydrogen) atoms. The molecule has 1 atom stereocenters. The Morgan fingerprint density at radius 3 is 2.27 bits per heavy atom. The van der Waals surface area contributed by atoms with Crippen molar-refractivity contribution in [2.24, 2.45) is 0 Å². The van der Waals surface area contributed by atoms with Gasteiger partial charge in [0.2, 0.25) is 0 Å². The molecule has 0 aromatic rings. The third-order valence-corrected chi connectivity index (χ3v) is 1.16. The number of rotatable bonds is 4. The van der Waals surface area contributed by atoms with Gasteiger partial charge in [-0.2, -0.15) is 0 Å². The third-order valence-electron chi connectivity index (χ3n) is 1.16. The number of nitrogens with zero attached hydrogens (tertiary/aromatic N) is 1. The van der Waals surface area contributed by atoms with Gasteiger partial charge in [-0.15, -0.1) is 0 Å². The van der Waals surface area contributed by atoms with E-state index in [4.69, 9.17) is 5.11 Å². The lowest BCUT2D eigenvalue weighted by Crippen LogP contribution is -2.43. The second-order valence-electron chi connectivity index (χ2n) is 3.70. The topological polar surface area (TPSA) is 60.4 Å². The summed E-state index contributed by atoms with van der Waals surface area (Å²) in [6.45, 7) is 0.425. The fourth-order valence-electron chi connectivity index (χ4n) is 0.889. The van der Waals surface area contributed by atoms with Gasteiger partial charge in [0.25, 0.3) is 0 Å². The molecular weight excluding hydrogens is 152 g/mol.